The minimum atomic E-state index is -0.329. The number of carbonyl (C=O) groups is 2. The lowest BCUT2D eigenvalue weighted by atomic mass is 9.94. The second kappa shape index (κ2) is 9.95. The average Bonchev–Trinajstić information content (AvgIpc) is 3.48. The van der Waals surface area contributed by atoms with Crippen molar-refractivity contribution in [3.63, 3.8) is 0 Å². The molecule has 3 aromatic heterocycles. The molecule has 3 aromatic rings. The van der Waals surface area contributed by atoms with Crippen LogP contribution in [0.1, 0.15) is 45.5 Å². The van der Waals surface area contributed by atoms with E-state index in [-0.39, 0.29) is 17.6 Å². The Bertz CT molecular complexity index is 1040. The van der Waals surface area contributed by atoms with Gasteiger partial charge in [0.25, 0.3) is 5.91 Å². The summed E-state index contributed by atoms with van der Waals surface area (Å²) in [6.45, 7) is 3.94. The Hall–Kier alpha value is -2.88. The second-order valence-electron chi connectivity index (χ2n) is 7.05. The molecule has 1 saturated heterocycles. The maximum Gasteiger partial charge on any atom is 0.257 e. The zero-order chi connectivity index (χ0) is 21.6. The van der Waals surface area contributed by atoms with E-state index in [4.69, 9.17) is 13.9 Å². The number of nitrogens with zero attached hydrogens (tertiary/aromatic N) is 2. The maximum atomic E-state index is 13.2. The Balaban J connectivity index is 1.57. The van der Waals surface area contributed by atoms with Crippen LogP contribution in [0.3, 0.4) is 0 Å². The molecule has 0 saturated carbocycles. The summed E-state index contributed by atoms with van der Waals surface area (Å²) in [5, 5.41) is 3.15. The molecule has 4 rings (SSSR count). The molecule has 1 amide bonds. The van der Waals surface area contributed by atoms with Crippen molar-refractivity contribution in [2.75, 3.05) is 25.1 Å². The fourth-order valence-corrected chi connectivity index (χ4v) is 4.32. The van der Waals surface area contributed by atoms with E-state index in [1.807, 2.05) is 6.92 Å². The van der Waals surface area contributed by atoms with Crippen LogP contribution in [0, 0.1) is 5.92 Å². The number of anilines is 1. The van der Waals surface area contributed by atoms with Gasteiger partial charge in [-0.05, 0) is 44.0 Å². The van der Waals surface area contributed by atoms with Crippen molar-refractivity contribution in [2.45, 2.75) is 26.4 Å². The van der Waals surface area contributed by atoms with Gasteiger partial charge in [-0.3, -0.25) is 19.9 Å². The summed E-state index contributed by atoms with van der Waals surface area (Å²) in [6, 6.07) is 6.80. The molecule has 0 unspecified atom stereocenters. The van der Waals surface area contributed by atoms with Crippen molar-refractivity contribution < 1.29 is 23.5 Å². The van der Waals surface area contributed by atoms with Crippen LogP contribution in [0.15, 0.2) is 41.1 Å². The summed E-state index contributed by atoms with van der Waals surface area (Å²) in [5.74, 6) is 0.0587. The smallest absolute Gasteiger partial charge is 0.257 e. The van der Waals surface area contributed by atoms with Crippen molar-refractivity contribution in [3.05, 3.63) is 52.9 Å². The van der Waals surface area contributed by atoms with Gasteiger partial charge in [0.2, 0.25) is 0 Å². The number of amides is 1. The van der Waals surface area contributed by atoms with Gasteiger partial charge in [0.15, 0.2) is 16.7 Å². The van der Waals surface area contributed by atoms with Crippen molar-refractivity contribution in [1.82, 2.24) is 9.97 Å². The highest BCUT2D eigenvalue weighted by Gasteiger charge is 2.29. The number of rotatable bonds is 8. The molecule has 1 fully saturated rings. The molecule has 0 spiro atoms. The number of aromatic nitrogens is 2. The molecule has 8 nitrogen and oxygen atoms in total. The number of hydrogen-bond donors (Lipinski definition) is 1. The number of ether oxygens (including phenoxy) is 2. The summed E-state index contributed by atoms with van der Waals surface area (Å²) in [4.78, 5) is 35.2. The highest BCUT2D eigenvalue weighted by molar-refractivity contribution is 7.18. The highest BCUT2D eigenvalue weighted by atomic mass is 32.1. The van der Waals surface area contributed by atoms with Crippen LogP contribution in [0.5, 0.6) is 0 Å². The fraction of sp³-hybridized carbons (Fsp3) is 0.364. The Morgan fingerprint density at radius 1 is 1.29 bits per heavy atom. The zero-order valence-electron chi connectivity index (χ0n) is 17.1. The number of nitrogens with one attached hydrogen (secondary N) is 1. The zero-order valence-corrected chi connectivity index (χ0v) is 17.9. The third-order valence-corrected chi connectivity index (χ3v) is 5.94. The highest BCUT2D eigenvalue weighted by Crippen LogP contribution is 2.35. The largest absolute Gasteiger partial charge is 0.463 e. The third-order valence-electron chi connectivity index (χ3n) is 4.95. The number of thiazole rings is 1. The predicted molar refractivity (Wildman–Crippen MR) is 115 cm³/mol. The number of pyridine rings is 1. The predicted octanol–water partition coefficient (Wildman–Crippen LogP) is 4.20. The normalized spacial score (nSPS) is 14.5. The Kier molecular flexibility index (Phi) is 6.86. The quantitative estimate of drug-likeness (QED) is 0.523. The van der Waals surface area contributed by atoms with Crippen molar-refractivity contribution in [2.24, 2.45) is 5.92 Å². The first-order chi connectivity index (χ1) is 15.2. The molecule has 0 aromatic carbocycles. The third kappa shape index (κ3) is 5.07. The number of furan rings is 1. The summed E-state index contributed by atoms with van der Waals surface area (Å²) < 4.78 is 16.2. The molecule has 4 heterocycles. The Morgan fingerprint density at radius 3 is 2.87 bits per heavy atom. The van der Waals surface area contributed by atoms with Crippen LogP contribution in [0.4, 0.5) is 5.13 Å². The van der Waals surface area contributed by atoms with Crippen LogP contribution >= 0.6 is 11.3 Å². The average molecular weight is 442 g/mol. The standard InChI is InChI=1S/C22H23N3O5S/c1-2-28-13-16-12-15(5-8-23-16)21(27)25-22-24-18(17-4-3-9-30-17)20(31-22)19(26)14-6-10-29-11-7-14/h3-5,8-9,12,14H,2,6-7,10-11,13H2,1H3,(H,24,25,27). The Labute approximate surface area is 183 Å². The van der Waals surface area contributed by atoms with Crippen LogP contribution in [-0.2, 0) is 16.1 Å². The summed E-state index contributed by atoms with van der Waals surface area (Å²) >= 11 is 1.17. The minimum Gasteiger partial charge on any atom is -0.463 e. The van der Waals surface area contributed by atoms with Crippen molar-refractivity contribution in [1.29, 1.82) is 0 Å². The van der Waals surface area contributed by atoms with Gasteiger partial charge in [-0.15, -0.1) is 0 Å². The lowest BCUT2D eigenvalue weighted by Crippen LogP contribution is -2.23. The van der Waals surface area contributed by atoms with Gasteiger partial charge in [0, 0.05) is 37.5 Å². The molecule has 1 aliphatic rings. The van der Waals surface area contributed by atoms with E-state index in [0.717, 1.165) is 0 Å². The van der Waals surface area contributed by atoms with E-state index < -0.39 is 0 Å². The fourth-order valence-electron chi connectivity index (χ4n) is 3.34. The molecule has 162 valence electrons. The van der Waals surface area contributed by atoms with Crippen LogP contribution in [0.2, 0.25) is 0 Å². The summed E-state index contributed by atoms with van der Waals surface area (Å²) in [5.41, 5.74) is 1.56. The summed E-state index contributed by atoms with van der Waals surface area (Å²) in [7, 11) is 0. The SMILES string of the molecule is CCOCc1cc(C(=O)Nc2nc(-c3ccco3)c(C(=O)C3CCOCC3)s2)ccn1. The lowest BCUT2D eigenvalue weighted by molar-refractivity contribution is 0.0547. The van der Waals surface area contributed by atoms with Crippen LogP contribution in [0.25, 0.3) is 11.5 Å². The first kappa shape index (κ1) is 21.4. The topological polar surface area (TPSA) is 104 Å². The Morgan fingerprint density at radius 2 is 2.13 bits per heavy atom. The monoisotopic (exact) mass is 441 g/mol. The maximum absolute atomic E-state index is 13.2. The van der Waals surface area contributed by atoms with Gasteiger partial charge in [-0.25, -0.2) is 4.98 Å². The molecule has 0 atom stereocenters. The lowest BCUT2D eigenvalue weighted by Gasteiger charge is -2.20. The molecule has 0 aliphatic carbocycles. The van der Waals surface area contributed by atoms with Crippen molar-refractivity contribution >= 4 is 28.2 Å². The molecular weight excluding hydrogens is 418 g/mol. The molecule has 1 N–H and O–H groups in total. The molecule has 0 radical (unpaired) electrons. The molecule has 1 aliphatic heterocycles. The van der Waals surface area contributed by atoms with E-state index in [0.29, 0.717) is 72.0 Å². The van der Waals surface area contributed by atoms with Gasteiger partial charge in [-0.2, -0.15) is 0 Å². The first-order valence-corrected chi connectivity index (χ1v) is 11.0. The van der Waals surface area contributed by atoms with E-state index in [1.54, 1.807) is 30.5 Å². The molecule has 9 heteroatoms. The first-order valence-electron chi connectivity index (χ1n) is 10.2. The summed E-state index contributed by atoms with van der Waals surface area (Å²) in [6.07, 6.45) is 4.46. The van der Waals surface area contributed by atoms with E-state index in [1.165, 1.54) is 17.6 Å². The van der Waals surface area contributed by atoms with E-state index >= 15 is 0 Å². The van der Waals surface area contributed by atoms with Gasteiger partial charge in [0.1, 0.15) is 10.6 Å². The van der Waals surface area contributed by atoms with E-state index in [9.17, 15) is 9.59 Å². The second-order valence-corrected chi connectivity index (χ2v) is 8.05. The number of ketones is 1. The van der Waals surface area contributed by atoms with Crippen molar-refractivity contribution in [3.8, 4) is 11.5 Å². The molecule has 0 bridgehead atoms. The van der Waals surface area contributed by atoms with Gasteiger partial charge in [0.05, 0.1) is 18.6 Å². The van der Waals surface area contributed by atoms with Gasteiger partial charge >= 0.3 is 0 Å². The van der Waals surface area contributed by atoms with Crippen LogP contribution in [-0.4, -0.2) is 41.5 Å². The molecular formula is C22H23N3O5S. The van der Waals surface area contributed by atoms with Gasteiger partial charge < -0.3 is 13.9 Å². The van der Waals surface area contributed by atoms with Crippen LogP contribution < -0.4 is 5.32 Å². The molecule has 31 heavy (non-hydrogen) atoms. The number of Topliss-reactive ketones (excluding diaryl/α,β-unsaturated/α-hetero) is 1. The van der Waals surface area contributed by atoms with E-state index in [2.05, 4.69) is 15.3 Å². The number of carbonyl (C=O) groups excluding carboxylic acids is 2. The number of hydrogen-bond acceptors (Lipinski definition) is 8. The van der Waals surface area contributed by atoms with Gasteiger partial charge in [-0.1, -0.05) is 11.3 Å². The minimum absolute atomic E-state index is 0.00982.